The molecule has 1 saturated heterocycles. The van der Waals surface area contributed by atoms with E-state index in [1.807, 2.05) is 0 Å². The summed E-state index contributed by atoms with van der Waals surface area (Å²) in [5.41, 5.74) is 0. The van der Waals surface area contributed by atoms with Crippen molar-refractivity contribution >= 4 is 0 Å². The van der Waals surface area contributed by atoms with Gasteiger partial charge in [-0.1, -0.05) is 6.92 Å². The molecule has 48 valence electrons. The van der Waals surface area contributed by atoms with Gasteiger partial charge in [-0.25, -0.2) is 0 Å². The molecular formula is C6H12O2. The van der Waals surface area contributed by atoms with Crippen molar-refractivity contribution in [1.82, 2.24) is 0 Å². The van der Waals surface area contributed by atoms with E-state index in [0.717, 1.165) is 19.6 Å². The highest BCUT2D eigenvalue weighted by Crippen LogP contribution is 2.05. The lowest BCUT2D eigenvalue weighted by molar-refractivity contribution is -0.0347. The Hall–Kier alpha value is -0.0800. The molecule has 2 nitrogen and oxygen atoms in total. The van der Waals surface area contributed by atoms with Crippen LogP contribution in [-0.4, -0.2) is 20.0 Å². The van der Waals surface area contributed by atoms with Crippen LogP contribution in [0.3, 0.4) is 0 Å². The third kappa shape index (κ3) is 1.80. The predicted octanol–water partition coefficient (Wildman–Crippen LogP) is 1.02. The molecule has 1 aliphatic rings. The quantitative estimate of drug-likeness (QED) is 0.470. The second kappa shape index (κ2) is 3.05. The molecule has 0 N–H and O–H groups in total. The molecule has 0 aromatic heterocycles. The first-order valence-corrected chi connectivity index (χ1v) is 3.05. The molecule has 1 rings (SSSR count). The summed E-state index contributed by atoms with van der Waals surface area (Å²) >= 11 is 0. The highest BCUT2D eigenvalue weighted by Gasteiger charge is 2.05. The van der Waals surface area contributed by atoms with Gasteiger partial charge < -0.3 is 9.47 Å². The van der Waals surface area contributed by atoms with Crippen LogP contribution in [0.1, 0.15) is 13.3 Å². The summed E-state index contributed by atoms with van der Waals surface area (Å²) in [6.45, 7) is 4.39. The van der Waals surface area contributed by atoms with E-state index in [0.29, 0.717) is 12.7 Å². The van der Waals surface area contributed by atoms with Crippen molar-refractivity contribution in [2.45, 2.75) is 13.3 Å². The zero-order valence-electron chi connectivity index (χ0n) is 5.22. The van der Waals surface area contributed by atoms with E-state index in [2.05, 4.69) is 6.92 Å². The first kappa shape index (κ1) is 6.05. The molecular weight excluding hydrogens is 104 g/mol. The van der Waals surface area contributed by atoms with Crippen molar-refractivity contribution in [3.8, 4) is 0 Å². The summed E-state index contributed by atoms with van der Waals surface area (Å²) in [6.07, 6.45) is 1.14. The smallest absolute Gasteiger partial charge is 0.146 e. The molecule has 0 aliphatic carbocycles. The summed E-state index contributed by atoms with van der Waals surface area (Å²) in [4.78, 5) is 0. The molecule has 1 heterocycles. The van der Waals surface area contributed by atoms with Crippen LogP contribution < -0.4 is 0 Å². The normalized spacial score (nSPS) is 31.9. The molecule has 0 bridgehead atoms. The van der Waals surface area contributed by atoms with Gasteiger partial charge in [-0.15, -0.1) is 0 Å². The molecule has 0 saturated carbocycles. The zero-order chi connectivity index (χ0) is 5.82. The molecule has 0 aromatic rings. The van der Waals surface area contributed by atoms with Crippen molar-refractivity contribution in [2.75, 3.05) is 20.0 Å². The van der Waals surface area contributed by atoms with E-state index in [-0.39, 0.29) is 0 Å². The number of rotatable bonds is 0. The van der Waals surface area contributed by atoms with Crippen LogP contribution in [0.5, 0.6) is 0 Å². The van der Waals surface area contributed by atoms with Crippen molar-refractivity contribution in [3.05, 3.63) is 0 Å². The Morgan fingerprint density at radius 3 is 3.12 bits per heavy atom. The van der Waals surface area contributed by atoms with Crippen LogP contribution in [0.15, 0.2) is 0 Å². The third-order valence-electron chi connectivity index (χ3n) is 1.32. The van der Waals surface area contributed by atoms with Gasteiger partial charge in [0.15, 0.2) is 0 Å². The molecule has 8 heavy (non-hydrogen) atoms. The lowest BCUT2D eigenvalue weighted by Crippen LogP contribution is -2.01. The van der Waals surface area contributed by atoms with E-state index in [4.69, 9.17) is 9.47 Å². The van der Waals surface area contributed by atoms with Gasteiger partial charge in [0, 0.05) is 6.61 Å². The topological polar surface area (TPSA) is 18.5 Å². The average molecular weight is 116 g/mol. The van der Waals surface area contributed by atoms with Gasteiger partial charge in [-0.3, -0.25) is 0 Å². The second-order valence-electron chi connectivity index (χ2n) is 2.29. The first-order valence-electron chi connectivity index (χ1n) is 3.05. The summed E-state index contributed by atoms with van der Waals surface area (Å²) in [6, 6.07) is 0. The summed E-state index contributed by atoms with van der Waals surface area (Å²) in [5, 5.41) is 0. The molecule has 2 heteroatoms. The second-order valence-corrected chi connectivity index (χ2v) is 2.29. The highest BCUT2D eigenvalue weighted by atomic mass is 16.7. The van der Waals surface area contributed by atoms with E-state index in [9.17, 15) is 0 Å². The Bertz CT molecular complexity index is 55.5. The number of hydrogen-bond acceptors (Lipinski definition) is 2. The van der Waals surface area contributed by atoms with Gasteiger partial charge in [0.05, 0.1) is 6.61 Å². The SMILES string of the molecule is C[C@@H]1CCOCOC1. The van der Waals surface area contributed by atoms with Gasteiger partial charge >= 0.3 is 0 Å². The van der Waals surface area contributed by atoms with E-state index < -0.39 is 0 Å². The fourth-order valence-corrected chi connectivity index (χ4v) is 0.735. The Kier molecular flexibility index (Phi) is 2.30. The Morgan fingerprint density at radius 1 is 1.38 bits per heavy atom. The maximum atomic E-state index is 5.08. The minimum atomic E-state index is 0.490. The molecule has 1 aliphatic heterocycles. The lowest BCUT2D eigenvalue weighted by atomic mass is 10.1. The lowest BCUT2D eigenvalue weighted by Gasteiger charge is -2.01. The molecule has 0 aromatic carbocycles. The summed E-state index contributed by atoms with van der Waals surface area (Å²) < 4.78 is 10.1. The standard InChI is InChI=1S/C6H12O2/c1-6-2-3-7-5-8-4-6/h6H,2-5H2,1H3/t6-/m1/s1. The molecule has 1 atom stereocenters. The number of ether oxygens (including phenoxy) is 2. The van der Waals surface area contributed by atoms with E-state index in [1.165, 1.54) is 0 Å². The van der Waals surface area contributed by atoms with Crippen LogP contribution in [0.2, 0.25) is 0 Å². The minimum Gasteiger partial charge on any atom is -0.355 e. The van der Waals surface area contributed by atoms with Crippen molar-refractivity contribution in [2.24, 2.45) is 5.92 Å². The predicted molar refractivity (Wildman–Crippen MR) is 30.6 cm³/mol. The maximum Gasteiger partial charge on any atom is 0.146 e. The van der Waals surface area contributed by atoms with E-state index >= 15 is 0 Å². The average Bonchev–Trinajstić information content (AvgIpc) is 1.94. The highest BCUT2D eigenvalue weighted by molar-refractivity contribution is 4.51. The zero-order valence-corrected chi connectivity index (χ0v) is 5.22. The molecule has 0 radical (unpaired) electrons. The third-order valence-corrected chi connectivity index (χ3v) is 1.32. The van der Waals surface area contributed by atoms with Crippen molar-refractivity contribution in [1.29, 1.82) is 0 Å². The minimum absolute atomic E-state index is 0.490. The Labute approximate surface area is 49.8 Å². The van der Waals surface area contributed by atoms with Crippen LogP contribution in [0.4, 0.5) is 0 Å². The summed E-state index contributed by atoms with van der Waals surface area (Å²) in [7, 11) is 0. The van der Waals surface area contributed by atoms with Crippen LogP contribution >= 0.6 is 0 Å². The maximum absolute atomic E-state index is 5.08. The van der Waals surface area contributed by atoms with Gasteiger partial charge in [-0.05, 0) is 12.3 Å². The fraction of sp³-hybridized carbons (Fsp3) is 1.00. The fourth-order valence-electron chi connectivity index (χ4n) is 0.735. The largest absolute Gasteiger partial charge is 0.355 e. The van der Waals surface area contributed by atoms with Gasteiger partial charge in [-0.2, -0.15) is 0 Å². The first-order chi connectivity index (χ1) is 3.89. The van der Waals surface area contributed by atoms with Crippen molar-refractivity contribution in [3.63, 3.8) is 0 Å². The number of hydrogen-bond donors (Lipinski definition) is 0. The molecule has 0 unspecified atom stereocenters. The molecule has 0 spiro atoms. The molecule has 1 fully saturated rings. The van der Waals surface area contributed by atoms with Gasteiger partial charge in [0.1, 0.15) is 6.79 Å². The van der Waals surface area contributed by atoms with Gasteiger partial charge in [0.25, 0.3) is 0 Å². The monoisotopic (exact) mass is 116 g/mol. The molecule has 0 amide bonds. The summed E-state index contributed by atoms with van der Waals surface area (Å²) in [5.74, 6) is 0.678. The van der Waals surface area contributed by atoms with Gasteiger partial charge in [0.2, 0.25) is 0 Å². The van der Waals surface area contributed by atoms with Crippen molar-refractivity contribution < 1.29 is 9.47 Å². The Morgan fingerprint density at radius 2 is 2.25 bits per heavy atom. The van der Waals surface area contributed by atoms with Crippen LogP contribution in [0, 0.1) is 5.92 Å². The van der Waals surface area contributed by atoms with Crippen LogP contribution in [-0.2, 0) is 9.47 Å². The van der Waals surface area contributed by atoms with E-state index in [1.54, 1.807) is 0 Å². The Balaban J connectivity index is 2.17. The van der Waals surface area contributed by atoms with Crippen LogP contribution in [0.25, 0.3) is 0 Å².